The molecule has 1 heterocycles. The summed E-state index contributed by atoms with van der Waals surface area (Å²) in [5, 5.41) is 11.1. The van der Waals surface area contributed by atoms with Gasteiger partial charge in [-0.3, -0.25) is 15.5 Å². The van der Waals surface area contributed by atoms with Crippen LogP contribution in [0.4, 0.5) is 5.69 Å². The monoisotopic (exact) mass is 262 g/mol. The number of hydrazine groups is 1. The van der Waals surface area contributed by atoms with E-state index in [1.807, 2.05) is 12.1 Å². The number of nitrogens with two attached hydrogens (primary N) is 1. The number of benzene rings is 1. The average Bonchev–Trinajstić information content (AvgIpc) is 2.84. The molecule has 0 bridgehead atoms. The molecule has 2 fully saturated rings. The number of hydrogen-bond donors (Lipinski definition) is 3. The molecular weight excluding hydrogens is 244 g/mol. The second-order valence-electron chi connectivity index (χ2n) is 5.36. The van der Waals surface area contributed by atoms with Crippen LogP contribution in [0.2, 0.25) is 0 Å². The Kier molecular flexibility index (Phi) is 3.22. The first-order chi connectivity index (χ1) is 9.18. The van der Waals surface area contributed by atoms with E-state index in [1.54, 1.807) is 12.1 Å². The molecule has 4 unspecified atom stereocenters. The van der Waals surface area contributed by atoms with E-state index in [-0.39, 0.29) is 28.6 Å². The van der Waals surface area contributed by atoms with Gasteiger partial charge in [0.1, 0.15) is 0 Å². The van der Waals surface area contributed by atoms with Crippen molar-refractivity contribution >= 4 is 5.69 Å². The topological polar surface area (TPSA) is 93.2 Å². The van der Waals surface area contributed by atoms with Crippen LogP contribution in [0, 0.1) is 16.0 Å². The summed E-state index contributed by atoms with van der Waals surface area (Å²) in [6, 6.07) is 7.23. The van der Waals surface area contributed by atoms with Crippen LogP contribution in [0.3, 0.4) is 0 Å². The minimum absolute atomic E-state index is 0.0816. The maximum atomic E-state index is 11.1. The van der Waals surface area contributed by atoms with Gasteiger partial charge in [0.05, 0.1) is 11.0 Å². The molecule has 102 valence electrons. The molecule has 0 amide bonds. The summed E-state index contributed by atoms with van der Waals surface area (Å²) in [7, 11) is 0. The fraction of sp³-hybridized carbons (Fsp3) is 0.538. The van der Waals surface area contributed by atoms with Crippen molar-refractivity contribution in [2.24, 2.45) is 11.7 Å². The summed E-state index contributed by atoms with van der Waals surface area (Å²) in [6.07, 6.45) is 3.17. The number of nitro groups is 1. The third-order valence-electron chi connectivity index (χ3n) is 4.29. The van der Waals surface area contributed by atoms with Crippen LogP contribution in [0.1, 0.15) is 30.9 Å². The van der Waals surface area contributed by atoms with E-state index >= 15 is 0 Å². The molecule has 1 aromatic rings. The molecular formula is C13H18N4O2. The highest BCUT2D eigenvalue weighted by Crippen LogP contribution is 2.39. The molecule has 0 aromatic heterocycles. The largest absolute Gasteiger partial charge is 0.327 e. The van der Waals surface area contributed by atoms with Crippen LogP contribution in [-0.4, -0.2) is 17.0 Å². The number of fused-ring (bicyclic) bond motifs is 1. The van der Waals surface area contributed by atoms with Crippen molar-refractivity contribution in [3.05, 3.63) is 39.9 Å². The Morgan fingerprint density at radius 1 is 1.26 bits per heavy atom. The molecule has 3 rings (SSSR count). The van der Waals surface area contributed by atoms with E-state index < -0.39 is 0 Å². The van der Waals surface area contributed by atoms with E-state index in [0.717, 1.165) is 24.8 Å². The van der Waals surface area contributed by atoms with Crippen LogP contribution >= 0.6 is 0 Å². The Morgan fingerprint density at radius 3 is 2.84 bits per heavy atom. The van der Waals surface area contributed by atoms with Crippen LogP contribution in [0.5, 0.6) is 0 Å². The fourth-order valence-electron chi connectivity index (χ4n) is 3.40. The lowest BCUT2D eigenvalue weighted by atomic mass is 9.76. The van der Waals surface area contributed by atoms with Crippen molar-refractivity contribution in [3.8, 4) is 0 Å². The summed E-state index contributed by atoms with van der Waals surface area (Å²) >= 11 is 0. The number of rotatable bonds is 2. The summed E-state index contributed by atoms with van der Waals surface area (Å²) in [4.78, 5) is 10.8. The minimum Gasteiger partial charge on any atom is -0.327 e. The van der Waals surface area contributed by atoms with Gasteiger partial charge in [-0.1, -0.05) is 24.6 Å². The molecule has 0 radical (unpaired) electrons. The van der Waals surface area contributed by atoms with Crippen molar-refractivity contribution in [3.63, 3.8) is 0 Å². The maximum Gasteiger partial charge on any atom is 0.274 e. The van der Waals surface area contributed by atoms with Crippen LogP contribution in [0.25, 0.3) is 0 Å². The van der Waals surface area contributed by atoms with Gasteiger partial charge in [0.2, 0.25) is 0 Å². The highest BCUT2D eigenvalue weighted by atomic mass is 16.6. The molecule has 6 nitrogen and oxygen atoms in total. The highest BCUT2D eigenvalue weighted by molar-refractivity contribution is 5.43. The first-order valence-corrected chi connectivity index (χ1v) is 6.68. The summed E-state index contributed by atoms with van der Waals surface area (Å²) in [5.74, 6) is 0.217. The van der Waals surface area contributed by atoms with Crippen LogP contribution in [0.15, 0.2) is 24.3 Å². The number of hydrogen-bond acceptors (Lipinski definition) is 5. The number of para-hydroxylation sites is 1. The van der Waals surface area contributed by atoms with E-state index in [1.165, 1.54) is 0 Å². The average molecular weight is 262 g/mol. The molecule has 0 spiro atoms. The fourth-order valence-corrected chi connectivity index (χ4v) is 3.40. The predicted octanol–water partition coefficient (Wildman–Crippen LogP) is 1.24. The molecule has 19 heavy (non-hydrogen) atoms. The zero-order chi connectivity index (χ0) is 13.4. The normalized spacial score (nSPS) is 33.9. The van der Waals surface area contributed by atoms with Crippen molar-refractivity contribution in [1.82, 2.24) is 10.9 Å². The summed E-state index contributed by atoms with van der Waals surface area (Å²) in [5.41, 5.74) is 13.6. The Labute approximate surface area is 111 Å². The third kappa shape index (κ3) is 2.11. The molecule has 6 heteroatoms. The molecule has 4 atom stereocenters. The number of nitrogens with one attached hydrogen (secondary N) is 2. The molecule has 4 N–H and O–H groups in total. The van der Waals surface area contributed by atoms with E-state index in [2.05, 4.69) is 10.9 Å². The van der Waals surface area contributed by atoms with Gasteiger partial charge in [-0.15, -0.1) is 0 Å². The van der Waals surface area contributed by atoms with Gasteiger partial charge in [0.15, 0.2) is 0 Å². The predicted molar refractivity (Wildman–Crippen MR) is 71.2 cm³/mol. The first-order valence-electron chi connectivity index (χ1n) is 6.68. The third-order valence-corrected chi connectivity index (χ3v) is 4.29. The van der Waals surface area contributed by atoms with Gasteiger partial charge < -0.3 is 5.73 Å². The van der Waals surface area contributed by atoms with Gasteiger partial charge in [-0.05, 0) is 12.8 Å². The second kappa shape index (κ2) is 4.88. The minimum atomic E-state index is -0.321. The lowest BCUT2D eigenvalue weighted by Gasteiger charge is -2.33. The zero-order valence-electron chi connectivity index (χ0n) is 10.6. The number of nitrogens with zero attached hydrogens (tertiary/aromatic N) is 1. The first kappa shape index (κ1) is 12.5. The van der Waals surface area contributed by atoms with Crippen molar-refractivity contribution in [2.45, 2.75) is 37.4 Å². The van der Waals surface area contributed by atoms with E-state index in [0.29, 0.717) is 6.04 Å². The zero-order valence-corrected chi connectivity index (χ0v) is 10.6. The van der Waals surface area contributed by atoms with Crippen molar-refractivity contribution < 1.29 is 4.92 Å². The van der Waals surface area contributed by atoms with Gasteiger partial charge in [-0.2, -0.15) is 0 Å². The Bertz CT molecular complexity index is 493. The van der Waals surface area contributed by atoms with Gasteiger partial charge in [-0.25, -0.2) is 5.43 Å². The Morgan fingerprint density at radius 2 is 2.05 bits per heavy atom. The summed E-state index contributed by atoms with van der Waals surface area (Å²) in [6.45, 7) is 0. The summed E-state index contributed by atoms with van der Waals surface area (Å²) < 4.78 is 0. The van der Waals surface area contributed by atoms with Crippen LogP contribution < -0.4 is 16.6 Å². The molecule has 1 aliphatic heterocycles. The van der Waals surface area contributed by atoms with Gasteiger partial charge in [0, 0.05) is 29.6 Å². The quantitative estimate of drug-likeness (QED) is 0.551. The van der Waals surface area contributed by atoms with Crippen molar-refractivity contribution in [1.29, 1.82) is 0 Å². The second-order valence-corrected chi connectivity index (χ2v) is 5.36. The van der Waals surface area contributed by atoms with E-state index in [4.69, 9.17) is 5.73 Å². The molecule has 1 saturated carbocycles. The molecule has 2 aliphatic rings. The SMILES string of the molecule is NC1CCCC2NNC(c3ccccc3[N+](=O)[O-])C12. The lowest BCUT2D eigenvalue weighted by Crippen LogP contribution is -2.43. The maximum absolute atomic E-state index is 11.1. The smallest absolute Gasteiger partial charge is 0.274 e. The molecule has 1 aliphatic carbocycles. The van der Waals surface area contributed by atoms with Gasteiger partial charge >= 0.3 is 0 Å². The number of nitro benzene ring substituents is 1. The molecule has 1 aromatic carbocycles. The lowest BCUT2D eigenvalue weighted by molar-refractivity contribution is -0.385. The van der Waals surface area contributed by atoms with Crippen LogP contribution in [-0.2, 0) is 0 Å². The molecule has 1 saturated heterocycles. The Balaban J connectivity index is 1.96. The Hall–Kier alpha value is -1.50. The highest BCUT2D eigenvalue weighted by Gasteiger charge is 2.44. The van der Waals surface area contributed by atoms with E-state index in [9.17, 15) is 10.1 Å². The van der Waals surface area contributed by atoms with Crippen molar-refractivity contribution in [2.75, 3.05) is 0 Å². The van der Waals surface area contributed by atoms with Gasteiger partial charge in [0.25, 0.3) is 5.69 Å². The standard InChI is InChI=1S/C13H18N4O2/c14-9-5-3-6-10-12(9)13(16-15-10)8-4-1-2-7-11(8)17(18)19/h1-2,4,7,9-10,12-13,15-16H,3,5-6,14H2.